The van der Waals surface area contributed by atoms with E-state index < -0.39 is 0 Å². The van der Waals surface area contributed by atoms with E-state index in [0.717, 1.165) is 56.4 Å². The second kappa shape index (κ2) is 16.9. The van der Waals surface area contributed by atoms with Crippen molar-refractivity contribution in [2.24, 2.45) is 4.99 Å². The van der Waals surface area contributed by atoms with Gasteiger partial charge in [-0.2, -0.15) is 0 Å². The first-order valence-corrected chi connectivity index (χ1v) is 9.65. The van der Waals surface area contributed by atoms with Crippen molar-refractivity contribution >= 4 is 29.9 Å². The van der Waals surface area contributed by atoms with E-state index in [-0.39, 0.29) is 24.0 Å². The molecule has 156 valence electrons. The summed E-state index contributed by atoms with van der Waals surface area (Å²) in [4.78, 5) is 4.23. The monoisotopic (exact) mass is 493 g/mol. The summed E-state index contributed by atoms with van der Waals surface area (Å²) >= 11 is 0. The molecule has 0 aliphatic carbocycles. The molecule has 0 saturated carbocycles. The van der Waals surface area contributed by atoms with Gasteiger partial charge in [-0.1, -0.05) is 19.4 Å². The third kappa shape index (κ3) is 11.3. The molecule has 27 heavy (non-hydrogen) atoms. The molecule has 0 aromatic heterocycles. The SMILES string of the molecule is CCCCOCCNC(=NC)NCCc1ccc(OCC)c(OCC)c1.I. The lowest BCUT2D eigenvalue weighted by molar-refractivity contribution is 0.136. The Balaban J connectivity index is 0.00000676. The topological polar surface area (TPSA) is 64.1 Å². The van der Waals surface area contributed by atoms with Crippen molar-refractivity contribution in [3.63, 3.8) is 0 Å². The number of halogens is 1. The first kappa shape index (κ1) is 25.8. The van der Waals surface area contributed by atoms with Crippen LogP contribution in [0.5, 0.6) is 11.5 Å². The molecule has 2 N–H and O–H groups in total. The lowest BCUT2D eigenvalue weighted by Gasteiger charge is -2.14. The molecule has 6 nitrogen and oxygen atoms in total. The number of guanidine groups is 1. The molecule has 7 heteroatoms. The molecule has 0 heterocycles. The molecule has 0 bridgehead atoms. The smallest absolute Gasteiger partial charge is 0.191 e. The minimum Gasteiger partial charge on any atom is -0.490 e. The zero-order valence-electron chi connectivity index (χ0n) is 17.2. The third-order valence-electron chi connectivity index (χ3n) is 3.72. The van der Waals surface area contributed by atoms with Crippen LogP contribution in [0, 0.1) is 0 Å². The molecule has 1 aromatic rings. The Labute approximate surface area is 181 Å². The average Bonchev–Trinajstić information content (AvgIpc) is 2.65. The molecule has 0 aliphatic rings. The Morgan fingerprint density at radius 1 is 0.963 bits per heavy atom. The summed E-state index contributed by atoms with van der Waals surface area (Å²) in [5, 5.41) is 6.58. The molecule has 0 fully saturated rings. The molecule has 1 rings (SSSR count). The van der Waals surface area contributed by atoms with Crippen molar-refractivity contribution in [2.75, 3.05) is 46.6 Å². The molecule has 0 radical (unpaired) electrons. The van der Waals surface area contributed by atoms with E-state index in [1.165, 1.54) is 5.56 Å². The van der Waals surface area contributed by atoms with Crippen LogP contribution in [0.3, 0.4) is 0 Å². The number of rotatable bonds is 13. The number of hydrogen-bond donors (Lipinski definition) is 2. The van der Waals surface area contributed by atoms with Crippen LogP contribution in [0.25, 0.3) is 0 Å². The van der Waals surface area contributed by atoms with Gasteiger partial charge < -0.3 is 24.8 Å². The molecule has 0 aliphatic heterocycles. The van der Waals surface area contributed by atoms with Gasteiger partial charge >= 0.3 is 0 Å². The molecule has 0 amide bonds. The van der Waals surface area contributed by atoms with E-state index in [4.69, 9.17) is 14.2 Å². The Bertz CT molecular complexity index is 527. The number of aliphatic imine (C=N–C) groups is 1. The summed E-state index contributed by atoms with van der Waals surface area (Å²) < 4.78 is 16.8. The van der Waals surface area contributed by atoms with Crippen LogP contribution in [0.1, 0.15) is 39.2 Å². The lowest BCUT2D eigenvalue weighted by atomic mass is 10.1. The van der Waals surface area contributed by atoms with E-state index in [9.17, 15) is 0 Å². The maximum absolute atomic E-state index is 5.68. The van der Waals surface area contributed by atoms with Crippen LogP contribution < -0.4 is 20.1 Å². The number of nitrogens with one attached hydrogen (secondary N) is 2. The highest BCUT2D eigenvalue weighted by Crippen LogP contribution is 2.28. The minimum atomic E-state index is 0. The van der Waals surface area contributed by atoms with Crippen LogP contribution in [0.4, 0.5) is 0 Å². The molecule has 0 spiro atoms. The van der Waals surface area contributed by atoms with Crippen molar-refractivity contribution in [1.29, 1.82) is 0 Å². The standard InChI is InChI=1S/C20H35N3O3.HI/c1-5-8-14-24-15-13-23-20(21-4)22-12-11-17-9-10-18(25-6-2)19(16-17)26-7-3;/h9-10,16H,5-8,11-15H2,1-4H3,(H2,21,22,23);1H. The molecular weight excluding hydrogens is 457 g/mol. The zero-order valence-corrected chi connectivity index (χ0v) is 19.5. The van der Waals surface area contributed by atoms with Gasteiger partial charge in [0.1, 0.15) is 0 Å². The van der Waals surface area contributed by atoms with Crippen molar-refractivity contribution in [1.82, 2.24) is 10.6 Å². The first-order valence-electron chi connectivity index (χ1n) is 9.65. The Hall–Kier alpha value is -1.22. The van der Waals surface area contributed by atoms with Gasteiger partial charge in [0.25, 0.3) is 0 Å². The van der Waals surface area contributed by atoms with E-state index >= 15 is 0 Å². The number of unbranched alkanes of at least 4 members (excludes halogenated alkanes) is 1. The number of ether oxygens (including phenoxy) is 3. The summed E-state index contributed by atoms with van der Waals surface area (Å²) in [5.41, 5.74) is 1.20. The maximum atomic E-state index is 5.68. The fraction of sp³-hybridized carbons (Fsp3) is 0.650. The van der Waals surface area contributed by atoms with Gasteiger partial charge in [-0.05, 0) is 44.4 Å². The van der Waals surface area contributed by atoms with E-state index in [1.54, 1.807) is 7.05 Å². The molecule has 0 saturated heterocycles. The first-order chi connectivity index (χ1) is 12.7. The van der Waals surface area contributed by atoms with E-state index in [1.807, 2.05) is 26.0 Å². The van der Waals surface area contributed by atoms with Crippen molar-refractivity contribution in [2.45, 2.75) is 40.0 Å². The van der Waals surface area contributed by atoms with Crippen LogP contribution in [0.2, 0.25) is 0 Å². The van der Waals surface area contributed by atoms with Gasteiger partial charge in [0.15, 0.2) is 17.5 Å². The Morgan fingerprint density at radius 2 is 1.67 bits per heavy atom. The van der Waals surface area contributed by atoms with Gasteiger partial charge in [-0.3, -0.25) is 4.99 Å². The van der Waals surface area contributed by atoms with E-state index in [2.05, 4.69) is 28.6 Å². The van der Waals surface area contributed by atoms with Crippen LogP contribution >= 0.6 is 24.0 Å². The highest BCUT2D eigenvalue weighted by atomic mass is 127. The zero-order chi connectivity index (χ0) is 19.0. The van der Waals surface area contributed by atoms with Gasteiger partial charge in [-0.15, -0.1) is 24.0 Å². The fourth-order valence-electron chi connectivity index (χ4n) is 2.39. The predicted molar refractivity (Wildman–Crippen MR) is 123 cm³/mol. The highest BCUT2D eigenvalue weighted by Gasteiger charge is 2.06. The minimum absolute atomic E-state index is 0. The lowest BCUT2D eigenvalue weighted by Crippen LogP contribution is -2.39. The van der Waals surface area contributed by atoms with Gasteiger partial charge in [0.2, 0.25) is 0 Å². The van der Waals surface area contributed by atoms with Gasteiger partial charge in [0.05, 0.1) is 19.8 Å². The molecule has 0 atom stereocenters. The Morgan fingerprint density at radius 3 is 2.33 bits per heavy atom. The van der Waals surface area contributed by atoms with Gasteiger partial charge in [0, 0.05) is 26.7 Å². The van der Waals surface area contributed by atoms with Crippen LogP contribution in [-0.4, -0.2) is 52.5 Å². The number of nitrogens with zero attached hydrogens (tertiary/aromatic N) is 1. The van der Waals surface area contributed by atoms with Gasteiger partial charge in [-0.25, -0.2) is 0 Å². The average molecular weight is 493 g/mol. The second-order valence-electron chi connectivity index (χ2n) is 5.79. The van der Waals surface area contributed by atoms with Crippen LogP contribution in [-0.2, 0) is 11.2 Å². The van der Waals surface area contributed by atoms with E-state index in [0.29, 0.717) is 19.8 Å². The normalized spacial score (nSPS) is 10.9. The largest absolute Gasteiger partial charge is 0.490 e. The molecule has 1 aromatic carbocycles. The van der Waals surface area contributed by atoms with Crippen molar-refractivity contribution < 1.29 is 14.2 Å². The summed E-state index contributed by atoms with van der Waals surface area (Å²) in [6, 6.07) is 6.10. The summed E-state index contributed by atoms with van der Waals surface area (Å²) in [5.74, 6) is 2.39. The fourth-order valence-corrected chi connectivity index (χ4v) is 2.39. The highest BCUT2D eigenvalue weighted by molar-refractivity contribution is 14.0. The molecular formula is C20H36IN3O3. The summed E-state index contributed by atoms with van der Waals surface area (Å²) in [6.45, 7) is 10.4. The van der Waals surface area contributed by atoms with Crippen molar-refractivity contribution in [3.8, 4) is 11.5 Å². The number of benzene rings is 1. The second-order valence-corrected chi connectivity index (χ2v) is 5.79. The summed E-state index contributed by atoms with van der Waals surface area (Å²) in [6.07, 6.45) is 3.15. The third-order valence-corrected chi connectivity index (χ3v) is 3.72. The van der Waals surface area contributed by atoms with Crippen LogP contribution in [0.15, 0.2) is 23.2 Å². The summed E-state index contributed by atoms with van der Waals surface area (Å²) in [7, 11) is 1.78. The Kier molecular flexibility index (Phi) is 16.2. The number of hydrogen-bond acceptors (Lipinski definition) is 4. The quantitative estimate of drug-likeness (QED) is 0.190. The maximum Gasteiger partial charge on any atom is 0.191 e. The van der Waals surface area contributed by atoms with Crippen molar-refractivity contribution in [3.05, 3.63) is 23.8 Å². The predicted octanol–water partition coefficient (Wildman–Crippen LogP) is 3.63. The molecule has 0 unspecified atom stereocenters.